The molecule has 44 heavy (non-hydrogen) atoms. The number of carboxylic acids is 2. The van der Waals surface area contributed by atoms with Gasteiger partial charge in [-0.15, -0.1) is 12.4 Å². The number of carbonyl (C=O) groups is 2. The first-order valence-electron chi connectivity index (χ1n) is 13.9. The Kier molecular flexibility index (Phi) is 10.6. The Balaban J connectivity index is 0.00000264. The monoisotopic (exact) mass is 653 g/mol. The van der Waals surface area contributed by atoms with E-state index in [0.29, 0.717) is 24.2 Å². The van der Waals surface area contributed by atoms with Crippen LogP contribution in [0, 0.1) is 13.8 Å². The fourth-order valence-electron chi connectivity index (χ4n) is 5.77. The van der Waals surface area contributed by atoms with Gasteiger partial charge in [-0.1, -0.05) is 25.3 Å². The maximum Gasteiger partial charge on any atom is 0.303 e. The number of halogens is 1. The molecular formula is C34H35ClMnN4O4. The van der Waals surface area contributed by atoms with E-state index in [0.717, 1.165) is 78.0 Å². The molecule has 0 unspecified atom stereocenters. The third-order valence-corrected chi connectivity index (χ3v) is 8.22. The first kappa shape index (κ1) is 34.3. The third-order valence-electron chi connectivity index (χ3n) is 8.22. The average Bonchev–Trinajstić information content (AvgIpc) is 3.59. The zero-order valence-electron chi connectivity index (χ0n) is 25.1. The van der Waals surface area contributed by atoms with Crippen molar-refractivity contribution < 1.29 is 36.9 Å². The Hall–Kier alpha value is -4.17. The number of nitrogens with zero attached hydrogens (tertiary/aromatic N) is 2. The van der Waals surface area contributed by atoms with Gasteiger partial charge in [0.2, 0.25) is 0 Å². The molecule has 0 aliphatic carbocycles. The van der Waals surface area contributed by atoms with Crippen molar-refractivity contribution in [2.75, 3.05) is 0 Å². The minimum absolute atomic E-state index is 0. The second-order valence-electron chi connectivity index (χ2n) is 10.7. The van der Waals surface area contributed by atoms with Gasteiger partial charge >= 0.3 is 11.9 Å². The summed E-state index contributed by atoms with van der Waals surface area (Å²) in [6, 6.07) is 7.88. The van der Waals surface area contributed by atoms with Crippen LogP contribution in [0.4, 0.5) is 0 Å². The summed E-state index contributed by atoms with van der Waals surface area (Å²) in [5, 5.41) is 18.9. The van der Waals surface area contributed by atoms with Crippen molar-refractivity contribution in [2.24, 2.45) is 0 Å². The average molecular weight is 654 g/mol. The number of nitrogens with one attached hydrogen (secondary N) is 2. The van der Waals surface area contributed by atoms with Gasteiger partial charge in [-0.05, 0) is 98.2 Å². The molecule has 10 heteroatoms. The van der Waals surface area contributed by atoms with E-state index in [1.807, 2.05) is 58.0 Å². The van der Waals surface area contributed by atoms with Gasteiger partial charge in [-0.2, -0.15) is 0 Å². The van der Waals surface area contributed by atoms with E-state index in [2.05, 4.69) is 29.2 Å². The van der Waals surface area contributed by atoms with Crippen LogP contribution in [0.5, 0.6) is 0 Å². The number of aromatic amines is 2. The van der Waals surface area contributed by atoms with Crippen molar-refractivity contribution >= 4 is 80.9 Å². The van der Waals surface area contributed by atoms with Gasteiger partial charge in [0, 0.05) is 63.1 Å². The van der Waals surface area contributed by atoms with Crippen molar-refractivity contribution in [3.8, 4) is 0 Å². The molecule has 5 rings (SSSR count). The molecule has 0 aromatic carbocycles. The SMILES string of the molecule is C=Cc1c(C)c2cc3[nH]c(cc4nc(cc5nc(cc1[nH]2)C(C)=C5CCC(=O)O)C(CCC(=O)O)=C4C)c(C)c3C=C.Cl.[Mn]. The number of hydrogen-bond acceptors (Lipinski definition) is 4. The van der Waals surface area contributed by atoms with E-state index < -0.39 is 11.9 Å². The smallest absolute Gasteiger partial charge is 0.303 e. The molecular weight excluding hydrogens is 619 g/mol. The largest absolute Gasteiger partial charge is 0.481 e. The molecule has 0 fully saturated rings. The number of rotatable bonds is 8. The minimum atomic E-state index is -0.889. The molecule has 1 radical (unpaired) electrons. The predicted octanol–water partition coefficient (Wildman–Crippen LogP) is 8.23. The molecule has 0 atom stereocenters. The van der Waals surface area contributed by atoms with Crippen LogP contribution in [0.15, 0.2) is 37.4 Å². The van der Waals surface area contributed by atoms with Crippen LogP contribution in [0.25, 0.3) is 56.5 Å². The van der Waals surface area contributed by atoms with Gasteiger partial charge in [-0.25, -0.2) is 9.97 Å². The molecule has 5 heterocycles. The Labute approximate surface area is 272 Å². The van der Waals surface area contributed by atoms with Crippen LogP contribution in [0.3, 0.4) is 0 Å². The molecule has 3 aromatic rings. The number of fused-ring (bicyclic) bond motifs is 8. The maximum absolute atomic E-state index is 11.5. The Bertz CT molecular complexity index is 1930. The van der Waals surface area contributed by atoms with E-state index in [4.69, 9.17) is 9.97 Å². The quantitative estimate of drug-likeness (QED) is 0.181. The molecule has 8 nitrogen and oxygen atoms in total. The van der Waals surface area contributed by atoms with E-state index in [1.54, 1.807) is 0 Å². The van der Waals surface area contributed by atoms with Crippen LogP contribution in [0.1, 0.15) is 84.6 Å². The normalized spacial score (nSPS) is 12.5. The minimum Gasteiger partial charge on any atom is -0.481 e. The Morgan fingerprint density at radius 1 is 0.682 bits per heavy atom. The van der Waals surface area contributed by atoms with Gasteiger partial charge in [-0.3, -0.25) is 9.59 Å². The zero-order valence-corrected chi connectivity index (χ0v) is 27.1. The molecule has 0 saturated carbocycles. The van der Waals surface area contributed by atoms with Gasteiger partial charge in [0.25, 0.3) is 0 Å². The van der Waals surface area contributed by atoms with E-state index in [-0.39, 0.29) is 42.3 Å². The summed E-state index contributed by atoms with van der Waals surface area (Å²) >= 11 is 0. The summed E-state index contributed by atoms with van der Waals surface area (Å²) < 4.78 is 0. The van der Waals surface area contributed by atoms with E-state index >= 15 is 0 Å². The number of H-pyrrole nitrogens is 2. The molecule has 2 aliphatic rings. The maximum atomic E-state index is 11.5. The first-order valence-corrected chi connectivity index (χ1v) is 13.9. The molecule has 3 aromatic heterocycles. The summed E-state index contributed by atoms with van der Waals surface area (Å²) in [4.78, 5) is 40.0. The number of aryl methyl sites for hydroxylation is 2. The zero-order chi connectivity index (χ0) is 30.3. The van der Waals surface area contributed by atoms with Gasteiger partial charge in [0.1, 0.15) is 0 Å². The van der Waals surface area contributed by atoms with Gasteiger partial charge < -0.3 is 20.2 Å². The standard InChI is InChI=1S/C34H34N4O4.ClH.Mn/c1-7-21-17(3)25-13-26-19(5)23(9-11-33(39)40)31(37-26)16-32-24(10-12-34(41)42)20(6)28(38-32)15-30-22(8-2)18(4)27(36-30)14-29(21)35-25;;/h7-8,13-16,35-36H,1-2,9-12H2,3-6H3,(H,39,40)(H,41,42);1H;. The van der Waals surface area contributed by atoms with Crippen LogP contribution < -0.4 is 0 Å². The second kappa shape index (κ2) is 13.6. The molecule has 8 bridgehead atoms. The van der Waals surface area contributed by atoms with Crippen molar-refractivity contribution in [1.29, 1.82) is 0 Å². The van der Waals surface area contributed by atoms with Crippen LogP contribution in [0.2, 0.25) is 0 Å². The van der Waals surface area contributed by atoms with Gasteiger partial charge in [0.05, 0.1) is 22.8 Å². The topological polar surface area (TPSA) is 132 Å². The molecule has 0 amide bonds. The molecule has 0 saturated heterocycles. The summed E-state index contributed by atoms with van der Waals surface area (Å²) in [6.07, 6.45) is 4.20. The number of aromatic nitrogens is 4. The molecule has 4 N–H and O–H groups in total. The number of allylic oxidation sites excluding steroid dienone is 4. The number of hydrogen-bond donors (Lipinski definition) is 4. The summed E-state index contributed by atoms with van der Waals surface area (Å²) in [5.74, 6) is -1.78. The fraction of sp³-hybridized carbons (Fsp3) is 0.235. The van der Waals surface area contributed by atoms with E-state index in [1.165, 1.54) is 0 Å². The summed E-state index contributed by atoms with van der Waals surface area (Å²) in [6.45, 7) is 16.1. The summed E-state index contributed by atoms with van der Waals surface area (Å²) in [5.41, 5.74) is 13.7. The summed E-state index contributed by atoms with van der Waals surface area (Å²) in [7, 11) is 0. The predicted molar refractivity (Wildman–Crippen MR) is 177 cm³/mol. The first-order chi connectivity index (χ1) is 20.0. The van der Waals surface area contributed by atoms with Crippen molar-refractivity contribution in [2.45, 2.75) is 53.4 Å². The number of aliphatic carboxylic acids is 2. The van der Waals surface area contributed by atoms with Crippen molar-refractivity contribution in [1.82, 2.24) is 19.9 Å². The Morgan fingerprint density at radius 2 is 1.07 bits per heavy atom. The fourth-order valence-corrected chi connectivity index (χ4v) is 5.77. The van der Waals surface area contributed by atoms with Gasteiger partial charge in [0.15, 0.2) is 0 Å². The molecule has 0 spiro atoms. The third kappa shape index (κ3) is 6.36. The molecule has 2 aliphatic heterocycles. The Morgan fingerprint density at radius 3 is 1.48 bits per heavy atom. The van der Waals surface area contributed by atoms with E-state index in [9.17, 15) is 19.8 Å². The number of carboxylic acid groups (broad SMARTS) is 2. The van der Waals surface area contributed by atoms with Crippen LogP contribution >= 0.6 is 12.4 Å². The molecule has 229 valence electrons. The van der Waals surface area contributed by atoms with Crippen LogP contribution in [-0.2, 0) is 26.7 Å². The van der Waals surface area contributed by atoms with Crippen LogP contribution in [-0.4, -0.2) is 42.1 Å². The van der Waals surface area contributed by atoms with Crippen molar-refractivity contribution in [3.63, 3.8) is 0 Å². The van der Waals surface area contributed by atoms with Crippen molar-refractivity contribution in [3.05, 3.63) is 82.5 Å². The second-order valence-corrected chi connectivity index (χ2v) is 10.7.